The van der Waals surface area contributed by atoms with Crippen molar-refractivity contribution in [2.75, 3.05) is 20.8 Å². The maximum absolute atomic E-state index is 14.2. The van der Waals surface area contributed by atoms with Crippen LogP contribution in [0.3, 0.4) is 0 Å². The van der Waals surface area contributed by atoms with Gasteiger partial charge in [-0.3, -0.25) is 9.59 Å². The van der Waals surface area contributed by atoms with Gasteiger partial charge in [0, 0.05) is 17.6 Å². The zero-order valence-electron chi connectivity index (χ0n) is 24.0. The van der Waals surface area contributed by atoms with E-state index in [1.54, 1.807) is 34.9 Å². The van der Waals surface area contributed by atoms with E-state index in [-0.39, 0.29) is 18.4 Å². The van der Waals surface area contributed by atoms with Gasteiger partial charge in [-0.1, -0.05) is 53.7 Å². The maximum atomic E-state index is 14.2. The second-order valence-electron chi connectivity index (χ2n) is 10.7. The maximum Gasteiger partial charge on any atom is 0.247 e. The van der Waals surface area contributed by atoms with E-state index < -0.39 is 11.6 Å². The van der Waals surface area contributed by atoms with Crippen molar-refractivity contribution in [1.82, 2.24) is 25.2 Å². The van der Waals surface area contributed by atoms with Gasteiger partial charge in [-0.15, -0.1) is 5.10 Å². The predicted molar refractivity (Wildman–Crippen MR) is 154 cm³/mol. The second-order valence-corrected chi connectivity index (χ2v) is 10.7. The molecule has 4 rings (SSSR count). The summed E-state index contributed by atoms with van der Waals surface area (Å²) in [5, 5.41) is 11.5. The lowest BCUT2D eigenvalue weighted by atomic mass is 9.98. The van der Waals surface area contributed by atoms with Gasteiger partial charge in [0.15, 0.2) is 11.5 Å². The highest BCUT2D eigenvalue weighted by Crippen LogP contribution is 2.38. The molecule has 210 valence electrons. The lowest BCUT2D eigenvalue weighted by Gasteiger charge is -2.34. The number of amides is 2. The Balaban J connectivity index is 1.81. The van der Waals surface area contributed by atoms with Crippen LogP contribution in [0.25, 0.3) is 11.0 Å². The SMILES string of the molecule is COc1cccc([C@H](C(=O)NC(C)(C)C)N(CCc2ccccc2C)C(=O)Cn2nnc3ccccc32)c1OC. The molecule has 4 aromatic rings. The molecule has 0 saturated heterocycles. The summed E-state index contributed by atoms with van der Waals surface area (Å²) in [6.45, 7) is 7.97. The molecule has 0 aliphatic rings. The molecule has 2 amide bonds. The van der Waals surface area contributed by atoms with E-state index in [2.05, 4.69) is 15.6 Å². The number of carbonyl (C=O) groups excluding carboxylic acids is 2. The quantitative estimate of drug-likeness (QED) is 0.317. The van der Waals surface area contributed by atoms with Gasteiger partial charge in [0.2, 0.25) is 11.8 Å². The molecule has 1 aromatic heterocycles. The molecule has 1 N–H and O–H groups in total. The minimum Gasteiger partial charge on any atom is -0.493 e. The first-order valence-corrected chi connectivity index (χ1v) is 13.3. The summed E-state index contributed by atoms with van der Waals surface area (Å²) in [6.07, 6.45) is 0.558. The first kappa shape index (κ1) is 28.6. The van der Waals surface area contributed by atoms with E-state index in [4.69, 9.17) is 9.47 Å². The average Bonchev–Trinajstić information content (AvgIpc) is 3.32. The molecule has 0 bridgehead atoms. The Bertz CT molecular complexity index is 1490. The van der Waals surface area contributed by atoms with Crippen molar-refractivity contribution in [3.05, 3.63) is 83.4 Å². The van der Waals surface area contributed by atoms with Crippen LogP contribution in [-0.4, -0.2) is 58.0 Å². The van der Waals surface area contributed by atoms with Crippen LogP contribution in [0, 0.1) is 6.92 Å². The van der Waals surface area contributed by atoms with E-state index in [1.807, 2.05) is 76.2 Å². The van der Waals surface area contributed by atoms with Gasteiger partial charge in [0.1, 0.15) is 18.1 Å². The van der Waals surface area contributed by atoms with E-state index >= 15 is 0 Å². The summed E-state index contributed by atoms with van der Waals surface area (Å²) in [5.41, 5.74) is 3.65. The average molecular weight is 544 g/mol. The highest BCUT2D eigenvalue weighted by molar-refractivity contribution is 5.90. The molecule has 9 heteroatoms. The van der Waals surface area contributed by atoms with Crippen molar-refractivity contribution in [3.63, 3.8) is 0 Å². The Kier molecular flexibility index (Phi) is 8.72. The molecular formula is C31H37N5O4. The molecule has 1 atom stereocenters. The summed E-state index contributed by atoms with van der Waals surface area (Å²) < 4.78 is 12.8. The molecule has 9 nitrogen and oxygen atoms in total. The Morgan fingerprint density at radius 2 is 1.70 bits per heavy atom. The van der Waals surface area contributed by atoms with Gasteiger partial charge >= 0.3 is 0 Å². The summed E-state index contributed by atoms with van der Waals surface area (Å²) in [5.74, 6) is 0.282. The van der Waals surface area contributed by atoms with Crippen LogP contribution in [0.4, 0.5) is 0 Å². The highest BCUT2D eigenvalue weighted by Gasteiger charge is 2.36. The number of nitrogens with zero attached hydrogens (tertiary/aromatic N) is 4. The van der Waals surface area contributed by atoms with Gasteiger partial charge < -0.3 is 19.7 Å². The largest absolute Gasteiger partial charge is 0.493 e. The molecule has 1 heterocycles. The Morgan fingerprint density at radius 3 is 2.40 bits per heavy atom. The molecule has 0 aliphatic heterocycles. The summed E-state index contributed by atoms with van der Waals surface area (Å²) in [7, 11) is 3.07. The Hall–Kier alpha value is -4.40. The van der Waals surface area contributed by atoms with Crippen molar-refractivity contribution >= 4 is 22.8 Å². The number of rotatable bonds is 10. The summed E-state index contributed by atoms with van der Waals surface area (Å²) >= 11 is 0. The third kappa shape index (κ3) is 6.42. The van der Waals surface area contributed by atoms with Gasteiger partial charge in [0.25, 0.3) is 0 Å². The fraction of sp³-hybridized carbons (Fsp3) is 0.355. The van der Waals surface area contributed by atoms with E-state index in [0.717, 1.165) is 16.6 Å². The molecule has 0 fully saturated rings. The number of hydrogen-bond donors (Lipinski definition) is 1. The van der Waals surface area contributed by atoms with Gasteiger partial charge in [-0.2, -0.15) is 0 Å². The van der Waals surface area contributed by atoms with Crippen LogP contribution in [0.2, 0.25) is 0 Å². The number of aromatic nitrogens is 3. The highest BCUT2D eigenvalue weighted by atomic mass is 16.5. The predicted octanol–water partition coefficient (Wildman–Crippen LogP) is 4.48. The van der Waals surface area contributed by atoms with Crippen molar-refractivity contribution < 1.29 is 19.1 Å². The number of fused-ring (bicyclic) bond motifs is 1. The molecule has 0 spiro atoms. The number of nitrogens with one attached hydrogen (secondary N) is 1. The zero-order valence-corrected chi connectivity index (χ0v) is 24.0. The molecule has 0 aliphatic carbocycles. The molecular weight excluding hydrogens is 506 g/mol. The lowest BCUT2D eigenvalue weighted by molar-refractivity contribution is -0.142. The van der Waals surface area contributed by atoms with Crippen LogP contribution >= 0.6 is 0 Å². The third-order valence-electron chi connectivity index (χ3n) is 6.70. The monoisotopic (exact) mass is 543 g/mol. The number of hydrogen-bond acceptors (Lipinski definition) is 6. The molecule has 0 saturated carbocycles. The first-order chi connectivity index (χ1) is 19.1. The first-order valence-electron chi connectivity index (χ1n) is 13.3. The van der Waals surface area contributed by atoms with Gasteiger partial charge in [0.05, 0.1) is 19.7 Å². The number of para-hydroxylation sites is 2. The van der Waals surface area contributed by atoms with Crippen LogP contribution in [0.15, 0.2) is 66.7 Å². The van der Waals surface area contributed by atoms with E-state index in [1.165, 1.54) is 7.11 Å². The minimum atomic E-state index is -0.990. The van der Waals surface area contributed by atoms with Crippen LogP contribution in [0.1, 0.15) is 43.5 Å². The Morgan fingerprint density at radius 1 is 0.975 bits per heavy atom. The fourth-order valence-corrected chi connectivity index (χ4v) is 4.80. The van der Waals surface area contributed by atoms with Crippen molar-refractivity contribution in [2.45, 2.75) is 52.2 Å². The second kappa shape index (κ2) is 12.2. The van der Waals surface area contributed by atoms with Gasteiger partial charge in [-0.25, -0.2) is 4.68 Å². The van der Waals surface area contributed by atoms with Crippen molar-refractivity contribution in [3.8, 4) is 11.5 Å². The Labute approximate surface area is 235 Å². The lowest BCUT2D eigenvalue weighted by Crippen LogP contribution is -2.50. The number of benzene rings is 3. The standard InChI is InChI=1S/C31H37N5O4/c1-21-12-7-8-13-22(21)18-19-35(27(37)20-36-25-16-10-9-15-24(25)33-34-36)28(30(38)32-31(2,3)4)23-14-11-17-26(39-5)29(23)40-6/h7-17,28H,18-20H2,1-6H3,(H,32,38)/t28-/m1/s1. The minimum absolute atomic E-state index is 0.0835. The summed E-state index contributed by atoms with van der Waals surface area (Å²) in [4.78, 5) is 29.8. The molecule has 40 heavy (non-hydrogen) atoms. The molecule has 3 aromatic carbocycles. The normalized spacial score (nSPS) is 12.2. The zero-order chi connectivity index (χ0) is 28.9. The van der Waals surface area contributed by atoms with Crippen LogP contribution in [-0.2, 0) is 22.6 Å². The smallest absolute Gasteiger partial charge is 0.247 e. The van der Waals surface area contributed by atoms with Crippen LogP contribution in [0.5, 0.6) is 11.5 Å². The van der Waals surface area contributed by atoms with E-state index in [0.29, 0.717) is 35.5 Å². The van der Waals surface area contributed by atoms with E-state index in [9.17, 15) is 9.59 Å². The summed E-state index contributed by atoms with van der Waals surface area (Å²) in [6, 6.07) is 19.9. The third-order valence-corrected chi connectivity index (χ3v) is 6.70. The van der Waals surface area contributed by atoms with Crippen molar-refractivity contribution in [2.24, 2.45) is 0 Å². The van der Waals surface area contributed by atoms with Gasteiger partial charge in [-0.05, 0) is 63.4 Å². The fourth-order valence-electron chi connectivity index (χ4n) is 4.80. The number of methoxy groups -OCH3 is 2. The van der Waals surface area contributed by atoms with Crippen molar-refractivity contribution in [1.29, 1.82) is 0 Å². The molecule has 0 unspecified atom stereocenters. The topological polar surface area (TPSA) is 98.6 Å². The van der Waals surface area contributed by atoms with Crippen LogP contribution < -0.4 is 14.8 Å². The number of aryl methyl sites for hydroxylation is 1. The number of carbonyl (C=O) groups is 2. The molecule has 0 radical (unpaired) electrons. The number of ether oxygens (including phenoxy) is 2.